The molecule has 0 amide bonds. The first kappa shape index (κ1) is 27.3. The quantitative estimate of drug-likeness (QED) is 0.319. The average Bonchev–Trinajstić information content (AvgIpc) is 3.36. The minimum absolute atomic E-state index is 0. The van der Waals surface area contributed by atoms with E-state index in [1.807, 2.05) is 0 Å². The predicted octanol–water partition coefficient (Wildman–Crippen LogP) is 1.65. The van der Waals surface area contributed by atoms with Crippen LogP contribution in [0.25, 0.3) is 21.9 Å². The molecule has 33 heavy (non-hydrogen) atoms. The molecular formula is C30H24Cl2Zr. The summed E-state index contributed by atoms with van der Waals surface area (Å²) in [6.45, 7) is 4.32. The van der Waals surface area contributed by atoms with Crippen LogP contribution in [0.1, 0.15) is 47.6 Å². The van der Waals surface area contributed by atoms with Crippen LogP contribution in [0, 0.1) is 12.2 Å². The molecule has 0 radical (unpaired) electrons. The molecule has 1 unspecified atom stereocenters. The largest absolute Gasteiger partial charge is 4.00 e. The molecule has 4 aromatic rings. The third-order valence-electron chi connectivity index (χ3n) is 6.07. The fourth-order valence-electron chi connectivity index (χ4n) is 4.54. The molecule has 6 rings (SSSR count). The van der Waals surface area contributed by atoms with Crippen LogP contribution in [0.4, 0.5) is 0 Å². The summed E-state index contributed by atoms with van der Waals surface area (Å²) in [5.41, 5.74) is 9.34. The Morgan fingerprint density at radius 2 is 1.42 bits per heavy atom. The molecule has 0 bridgehead atoms. The Labute approximate surface area is 228 Å². The number of halogens is 2. The minimum Gasteiger partial charge on any atom is -1.00 e. The fourth-order valence-corrected chi connectivity index (χ4v) is 4.54. The molecule has 3 heteroatoms. The third-order valence-corrected chi connectivity index (χ3v) is 6.07. The molecule has 0 saturated heterocycles. The second-order valence-corrected chi connectivity index (χ2v) is 8.04. The van der Waals surface area contributed by atoms with Crippen LogP contribution < -0.4 is 24.8 Å². The van der Waals surface area contributed by atoms with E-state index in [1.54, 1.807) is 0 Å². The van der Waals surface area contributed by atoms with Gasteiger partial charge in [0.1, 0.15) is 0 Å². The molecule has 162 valence electrons. The summed E-state index contributed by atoms with van der Waals surface area (Å²) in [6.07, 6.45) is 7.95. The third kappa shape index (κ3) is 5.60. The van der Waals surface area contributed by atoms with Crippen molar-refractivity contribution >= 4 is 21.9 Å². The van der Waals surface area contributed by atoms with E-state index < -0.39 is 0 Å². The summed E-state index contributed by atoms with van der Waals surface area (Å²) >= 11 is 0. The smallest absolute Gasteiger partial charge is 1.00 e. The van der Waals surface area contributed by atoms with Gasteiger partial charge in [-0.2, -0.15) is 5.56 Å². The Balaban J connectivity index is 0.000000240. The van der Waals surface area contributed by atoms with Gasteiger partial charge in [0, 0.05) is 0 Å². The average molecular weight is 547 g/mol. The van der Waals surface area contributed by atoms with Crippen molar-refractivity contribution in [3.63, 3.8) is 0 Å². The normalized spacial score (nSPS) is 14.8. The second kappa shape index (κ2) is 12.0. The summed E-state index contributed by atoms with van der Waals surface area (Å²) in [7, 11) is 0. The number of fused-ring (bicyclic) bond motifs is 4. The summed E-state index contributed by atoms with van der Waals surface area (Å²) < 4.78 is 0. The summed E-state index contributed by atoms with van der Waals surface area (Å²) in [6, 6.07) is 32.1. The van der Waals surface area contributed by atoms with Crippen molar-refractivity contribution in [3.8, 4) is 0 Å². The van der Waals surface area contributed by atoms with Gasteiger partial charge in [0.05, 0.1) is 0 Å². The van der Waals surface area contributed by atoms with Gasteiger partial charge < -0.3 is 24.8 Å². The molecule has 1 atom stereocenters. The number of benzene rings is 4. The molecule has 0 N–H and O–H groups in total. The number of rotatable bonds is 1. The Kier molecular flexibility index (Phi) is 9.92. The molecule has 4 aromatic carbocycles. The molecule has 0 aromatic heterocycles. The summed E-state index contributed by atoms with van der Waals surface area (Å²) in [5.74, 6) is 0.492. The predicted molar refractivity (Wildman–Crippen MR) is 127 cm³/mol. The molecule has 0 spiro atoms. The zero-order valence-electron chi connectivity index (χ0n) is 18.7. The first-order valence-electron chi connectivity index (χ1n) is 10.6. The topological polar surface area (TPSA) is 0 Å². The van der Waals surface area contributed by atoms with Gasteiger partial charge in [-0.05, 0) is 5.39 Å². The van der Waals surface area contributed by atoms with E-state index >= 15 is 0 Å². The van der Waals surface area contributed by atoms with Crippen LogP contribution in [0.15, 0.2) is 91.0 Å². The maximum absolute atomic E-state index is 3.56. The molecule has 0 fully saturated rings. The zero-order valence-corrected chi connectivity index (χ0v) is 22.7. The number of hydrogen-bond donors (Lipinski definition) is 0. The van der Waals surface area contributed by atoms with Gasteiger partial charge in [0.2, 0.25) is 0 Å². The Morgan fingerprint density at radius 1 is 0.758 bits per heavy atom. The van der Waals surface area contributed by atoms with Crippen LogP contribution in [-0.2, 0) is 32.6 Å². The van der Waals surface area contributed by atoms with Crippen LogP contribution in [0.3, 0.4) is 0 Å². The Hall–Kier alpha value is -1.92. The number of hydrogen-bond acceptors (Lipinski definition) is 0. The van der Waals surface area contributed by atoms with Crippen molar-refractivity contribution in [2.75, 3.05) is 0 Å². The van der Waals surface area contributed by atoms with Crippen molar-refractivity contribution in [2.24, 2.45) is 0 Å². The van der Waals surface area contributed by atoms with Gasteiger partial charge >= 0.3 is 26.2 Å². The van der Waals surface area contributed by atoms with Gasteiger partial charge in [-0.3, -0.25) is 6.08 Å². The van der Waals surface area contributed by atoms with E-state index in [4.69, 9.17) is 0 Å². The number of allylic oxidation sites excluding steroid dienone is 3. The fraction of sp³-hybridized carbons (Fsp3) is 0.133. The summed E-state index contributed by atoms with van der Waals surface area (Å²) in [4.78, 5) is 0. The van der Waals surface area contributed by atoms with Gasteiger partial charge in [0.25, 0.3) is 0 Å². The van der Waals surface area contributed by atoms with Crippen LogP contribution in [0.2, 0.25) is 0 Å². The molecular weight excluding hydrogens is 522 g/mol. The van der Waals surface area contributed by atoms with Crippen molar-refractivity contribution in [3.05, 3.63) is 131 Å². The van der Waals surface area contributed by atoms with E-state index in [0.717, 1.165) is 6.42 Å². The SMILES string of the molecule is CC1=[C-]C(C)c2ccccc21.[C-]1=C(c2ccccc2)Cc2c1ccc1ccccc21.[Cl-].[Cl-].[Zr+4]. The maximum Gasteiger partial charge on any atom is 4.00 e. The minimum atomic E-state index is 0. The van der Waals surface area contributed by atoms with Crippen molar-refractivity contribution in [1.29, 1.82) is 0 Å². The molecule has 0 nitrogen and oxygen atoms in total. The molecule has 0 aliphatic heterocycles. The first-order chi connectivity index (χ1) is 14.7. The maximum atomic E-state index is 3.56. The van der Waals surface area contributed by atoms with Crippen LogP contribution in [-0.4, -0.2) is 0 Å². The summed E-state index contributed by atoms with van der Waals surface area (Å²) in [5, 5.41) is 2.68. The zero-order chi connectivity index (χ0) is 20.5. The van der Waals surface area contributed by atoms with E-state index in [0.29, 0.717) is 5.92 Å². The molecule has 2 aliphatic rings. The Morgan fingerprint density at radius 3 is 2.18 bits per heavy atom. The van der Waals surface area contributed by atoms with E-state index in [1.165, 1.54) is 49.7 Å². The van der Waals surface area contributed by atoms with Gasteiger partial charge in [-0.1, -0.05) is 116 Å². The van der Waals surface area contributed by atoms with E-state index in [-0.39, 0.29) is 51.0 Å². The molecule has 0 saturated carbocycles. The standard InChI is InChI=1S/C19H13.C11H11.2ClH.Zr/c1-2-6-14(7-3-1)17-12-16-11-10-15-8-4-5-9-18(15)19(16)13-17;1-8-7-9(2)11-6-4-3-5-10(8)11;;;/h1-11H,13H2;3-6,8H,1-2H3;2*1H;/q2*-1;;;+4/p-2. The second-order valence-electron chi connectivity index (χ2n) is 8.04. The van der Waals surface area contributed by atoms with Gasteiger partial charge in [0.15, 0.2) is 0 Å². The van der Waals surface area contributed by atoms with E-state index in [2.05, 4.69) is 117 Å². The first-order valence-corrected chi connectivity index (χ1v) is 10.6. The molecule has 0 heterocycles. The van der Waals surface area contributed by atoms with Crippen molar-refractivity contribution in [2.45, 2.75) is 26.2 Å². The van der Waals surface area contributed by atoms with Crippen LogP contribution >= 0.6 is 0 Å². The Bertz CT molecular complexity index is 1290. The van der Waals surface area contributed by atoms with Crippen molar-refractivity contribution < 1.29 is 51.0 Å². The van der Waals surface area contributed by atoms with Gasteiger partial charge in [-0.25, -0.2) is 5.57 Å². The molecule has 2 aliphatic carbocycles. The monoisotopic (exact) mass is 544 g/mol. The van der Waals surface area contributed by atoms with Gasteiger partial charge in [-0.15, -0.1) is 40.5 Å². The van der Waals surface area contributed by atoms with Crippen LogP contribution in [0.5, 0.6) is 0 Å². The van der Waals surface area contributed by atoms with Crippen molar-refractivity contribution in [1.82, 2.24) is 0 Å². The van der Waals surface area contributed by atoms with E-state index in [9.17, 15) is 0 Å².